The first-order valence-electron chi connectivity index (χ1n) is 6.65. The highest BCUT2D eigenvalue weighted by atomic mass is 127. The summed E-state index contributed by atoms with van der Waals surface area (Å²) in [7, 11) is 0. The SMILES string of the molecule is Cc1cccc(NCC(=O)N/N=C/c2ccc(O)c(I)c2)c1. The van der Waals surface area contributed by atoms with Crippen LogP contribution in [-0.2, 0) is 4.79 Å². The first kappa shape index (κ1) is 16.3. The molecule has 22 heavy (non-hydrogen) atoms. The number of anilines is 1. The van der Waals surface area contributed by atoms with Gasteiger partial charge in [-0.25, -0.2) is 5.43 Å². The lowest BCUT2D eigenvalue weighted by Gasteiger charge is -2.05. The van der Waals surface area contributed by atoms with Crippen molar-refractivity contribution >= 4 is 40.4 Å². The fraction of sp³-hybridized carbons (Fsp3) is 0.125. The molecule has 0 saturated heterocycles. The van der Waals surface area contributed by atoms with Crippen LogP contribution < -0.4 is 10.7 Å². The normalized spacial score (nSPS) is 10.6. The zero-order valence-electron chi connectivity index (χ0n) is 12.0. The van der Waals surface area contributed by atoms with Gasteiger partial charge in [-0.3, -0.25) is 4.79 Å². The van der Waals surface area contributed by atoms with E-state index in [9.17, 15) is 9.90 Å². The Bertz CT molecular complexity index is 702. The van der Waals surface area contributed by atoms with E-state index in [2.05, 4.69) is 15.8 Å². The highest BCUT2D eigenvalue weighted by molar-refractivity contribution is 14.1. The highest BCUT2D eigenvalue weighted by Crippen LogP contribution is 2.19. The Morgan fingerprint density at radius 2 is 2.14 bits per heavy atom. The molecule has 6 heteroatoms. The van der Waals surface area contributed by atoms with E-state index in [4.69, 9.17) is 0 Å². The molecule has 5 nitrogen and oxygen atoms in total. The number of halogens is 1. The summed E-state index contributed by atoms with van der Waals surface area (Å²) in [6.07, 6.45) is 1.53. The second kappa shape index (κ2) is 7.79. The van der Waals surface area contributed by atoms with E-state index in [1.54, 1.807) is 18.2 Å². The van der Waals surface area contributed by atoms with Crippen LogP contribution in [0.5, 0.6) is 5.75 Å². The molecule has 0 spiro atoms. The summed E-state index contributed by atoms with van der Waals surface area (Å²) < 4.78 is 0.731. The fourth-order valence-corrected chi connectivity index (χ4v) is 2.30. The van der Waals surface area contributed by atoms with Gasteiger partial charge in [0.2, 0.25) is 0 Å². The molecule has 2 rings (SSSR count). The fourth-order valence-electron chi connectivity index (χ4n) is 1.76. The van der Waals surface area contributed by atoms with E-state index in [0.717, 1.165) is 20.4 Å². The van der Waals surface area contributed by atoms with E-state index >= 15 is 0 Å². The molecule has 0 unspecified atom stereocenters. The monoisotopic (exact) mass is 409 g/mol. The van der Waals surface area contributed by atoms with Crippen LogP contribution in [0.25, 0.3) is 0 Å². The molecule has 0 fully saturated rings. The topological polar surface area (TPSA) is 73.7 Å². The average Bonchev–Trinajstić information content (AvgIpc) is 2.49. The number of carbonyl (C=O) groups is 1. The minimum absolute atomic E-state index is 0.147. The van der Waals surface area contributed by atoms with Crippen LogP contribution in [0.4, 0.5) is 5.69 Å². The number of nitrogens with one attached hydrogen (secondary N) is 2. The Hall–Kier alpha value is -2.09. The van der Waals surface area contributed by atoms with Gasteiger partial charge in [-0.2, -0.15) is 5.10 Å². The number of rotatable bonds is 5. The predicted molar refractivity (Wildman–Crippen MR) is 96.2 cm³/mol. The van der Waals surface area contributed by atoms with Crippen molar-refractivity contribution < 1.29 is 9.90 Å². The lowest BCUT2D eigenvalue weighted by molar-refractivity contribution is -0.119. The summed E-state index contributed by atoms with van der Waals surface area (Å²) in [6.45, 7) is 2.14. The quantitative estimate of drug-likeness (QED) is 0.404. The van der Waals surface area contributed by atoms with Crippen LogP contribution in [0.2, 0.25) is 0 Å². The molecule has 114 valence electrons. The van der Waals surface area contributed by atoms with Crippen molar-refractivity contribution in [3.8, 4) is 5.75 Å². The first-order chi connectivity index (χ1) is 10.5. The standard InChI is InChI=1S/C16H16IN3O2/c1-11-3-2-4-13(7-11)18-10-16(22)20-19-9-12-5-6-15(21)14(17)8-12/h2-9,18,21H,10H2,1H3,(H,20,22)/b19-9+. The average molecular weight is 409 g/mol. The highest BCUT2D eigenvalue weighted by Gasteiger charge is 2.00. The van der Waals surface area contributed by atoms with E-state index < -0.39 is 0 Å². The minimum Gasteiger partial charge on any atom is -0.507 e. The van der Waals surface area contributed by atoms with Crippen molar-refractivity contribution in [2.45, 2.75) is 6.92 Å². The molecular formula is C16H16IN3O2. The molecular weight excluding hydrogens is 393 g/mol. The van der Waals surface area contributed by atoms with E-state index in [1.165, 1.54) is 6.21 Å². The van der Waals surface area contributed by atoms with E-state index in [0.29, 0.717) is 0 Å². The maximum absolute atomic E-state index is 11.7. The van der Waals surface area contributed by atoms with Crippen molar-refractivity contribution in [2.75, 3.05) is 11.9 Å². The molecule has 3 N–H and O–H groups in total. The molecule has 1 amide bonds. The van der Waals surface area contributed by atoms with Gasteiger partial charge in [-0.05, 0) is 71.0 Å². The van der Waals surface area contributed by atoms with Crippen molar-refractivity contribution in [1.29, 1.82) is 0 Å². The molecule has 0 radical (unpaired) electrons. The summed E-state index contributed by atoms with van der Waals surface area (Å²) in [4.78, 5) is 11.7. The van der Waals surface area contributed by atoms with Gasteiger partial charge in [0.05, 0.1) is 16.3 Å². The van der Waals surface area contributed by atoms with Crippen molar-refractivity contribution in [3.05, 3.63) is 57.2 Å². The van der Waals surface area contributed by atoms with Gasteiger partial charge in [0.25, 0.3) is 5.91 Å². The molecule has 0 aromatic heterocycles. The van der Waals surface area contributed by atoms with Crippen molar-refractivity contribution in [1.82, 2.24) is 5.43 Å². The van der Waals surface area contributed by atoms with Crippen LogP contribution >= 0.6 is 22.6 Å². The van der Waals surface area contributed by atoms with Crippen LogP contribution in [-0.4, -0.2) is 23.8 Å². The van der Waals surface area contributed by atoms with Gasteiger partial charge in [-0.15, -0.1) is 0 Å². The number of aryl methyl sites for hydroxylation is 1. The van der Waals surface area contributed by atoms with Crippen molar-refractivity contribution in [3.63, 3.8) is 0 Å². The third kappa shape index (κ3) is 5.03. The Balaban J connectivity index is 1.82. The number of nitrogens with zero attached hydrogens (tertiary/aromatic N) is 1. The Morgan fingerprint density at radius 3 is 2.86 bits per heavy atom. The first-order valence-corrected chi connectivity index (χ1v) is 7.73. The van der Waals surface area contributed by atoms with Crippen LogP contribution in [0.3, 0.4) is 0 Å². The maximum Gasteiger partial charge on any atom is 0.259 e. The van der Waals surface area contributed by atoms with Gasteiger partial charge < -0.3 is 10.4 Å². The molecule has 0 aliphatic rings. The number of amides is 1. The van der Waals surface area contributed by atoms with Gasteiger partial charge in [0.15, 0.2) is 0 Å². The molecule has 0 saturated carbocycles. The van der Waals surface area contributed by atoms with Crippen molar-refractivity contribution in [2.24, 2.45) is 5.10 Å². The summed E-state index contributed by atoms with van der Waals surface area (Å²) in [5.74, 6) is -0.00429. The summed E-state index contributed by atoms with van der Waals surface area (Å²) >= 11 is 2.03. The van der Waals surface area contributed by atoms with Gasteiger partial charge in [-0.1, -0.05) is 12.1 Å². The molecule has 0 aliphatic carbocycles. The predicted octanol–water partition coefficient (Wildman–Crippen LogP) is 2.87. The van der Waals surface area contributed by atoms with Crippen LogP contribution in [0, 0.1) is 10.5 Å². The molecule has 0 aliphatic heterocycles. The largest absolute Gasteiger partial charge is 0.507 e. The summed E-state index contributed by atoms with van der Waals surface area (Å²) in [5.41, 5.74) is 5.28. The number of phenols is 1. The molecule has 2 aromatic carbocycles. The second-order valence-electron chi connectivity index (χ2n) is 4.73. The number of benzene rings is 2. The number of carbonyl (C=O) groups excluding carboxylic acids is 1. The smallest absolute Gasteiger partial charge is 0.259 e. The number of phenolic OH excluding ortho intramolecular Hbond substituents is 1. The zero-order valence-corrected chi connectivity index (χ0v) is 14.2. The van der Waals surface area contributed by atoms with Gasteiger partial charge in [0.1, 0.15) is 5.75 Å². The second-order valence-corrected chi connectivity index (χ2v) is 5.89. The Labute approximate surface area is 142 Å². The number of hydrogen-bond acceptors (Lipinski definition) is 4. The maximum atomic E-state index is 11.7. The molecule has 0 bridgehead atoms. The number of hydrogen-bond donors (Lipinski definition) is 3. The minimum atomic E-state index is -0.230. The third-order valence-electron chi connectivity index (χ3n) is 2.85. The lowest BCUT2D eigenvalue weighted by atomic mass is 10.2. The van der Waals surface area contributed by atoms with Crippen LogP contribution in [0.1, 0.15) is 11.1 Å². The zero-order chi connectivity index (χ0) is 15.9. The van der Waals surface area contributed by atoms with Crippen LogP contribution in [0.15, 0.2) is 47.6 Å². The Morgan fingerprint density at radius 1 is 1.32 bits per heavy atom. The number of aromatic hydroxyl groups is 1. The Kier molecular flexibility index (Phi) is 5.76. The number of hydrazone groups is 1. The molecule has 0 atom stereocenters. The van der Waals surface area contributed by atoms with E-state index in [-0.39, 0.29) is 18.2 Å². The van der Waals surface area contributed by atoms with E-state index in [1.807, 2.05) is 53.8 Å². The van der Waals surface area contributed by atoms with Gasteiger partial charge in [0, 0.05) is 5.69 Å². The molecule has 2 aromatic rings. The van der Waals surface area contributed by atoms with Gasteiger partial charge >= 0.3 is 0 Å². The summed E-state index contributed by atoms with van der Waals surface area (Å²) in [5, 5.41) is 16.3. The lowest BCUT2D eigenvalue weighted by Crippen LogP contribution is -2.25. The summed E-state index contributed by atoms with van der Waals surface area (Å²) in [6, 6.07) is 12.9. The molecule has 0 heterocycles. The third-order valence-corrected chi connectivity index (χ3v) is 3.71.